The SMILES string of the molecule is O=C(Cc1cccc(C(F)(F)F)c1)N(O)[C@H](CN1CC[C@H](O)C1)c1ccccc1. The van der Waals surface area contributed by atoms with Crippen LogP contribution in [0.2, 0.25) is 0 Å². The van der Waals surface area contributed by atoms with E-state index in [0.29, 0.717) is 36.7 Å². The Morgan fingerprint density at radius 3 is 2.52 bits per heavy atom. The van der Waals surface area contributed by atoms with Crippen LogP contribution in [0.15, 0.2) is 54.6 Å². The first-order valence-corrected chi connectivity index (χ1v) is 9.36. The highest BCUT2D eigenvalue weighted by atomic mass is 19.4. The van der Waals surface area contributed by atoms with E-state index in [1.807, 2.05) is 11.0 Å². The maximum absolute atomic E-state index is 12.9. The second-order valence-corrected chi connectivity index (χ2v) is 7.24. The number of benzene rings is 2. The van der Waals surface area contributed by atoms with Crippen LogP contribution in [0, 0.1) is 0 Å². The molecule has 1 aliphatic heterocycles. The van der Waals surface area contributed by atoms with Crippen molar-refractivity contribution in [1.29, 1.82) is 0 Å². The Bertz CT molecular complexity index is 829. The average Bonchev–Trinajstić information content (AvgIpc) is 3.10. The molecule has 156 valence electrons. The van der Waals surface area contributed by atoms with E-state index in [1.54, 1.807) is 24.3 Å². The lowest BCUT2D eigenvalue weighted by atomic mass is 10.0. The third kappa shape index (κ3) is 5.56. The van der Waals surface area contributed by atoms with E-state index in [0.717, 1.165) is 12.1 Å². The summed E-state index contributed by atoms with van der Waals surface area (Å²) in [4.78, 5) is 14.6. The fourth-order valence-electron chi connectivity index (χ4n) is 3.51. The van der Waals surface area contributed by atoms with Crippen LogP contribution in [-0.2, 0) is 17.4 Å². The predicted molar refractivity (Wildman–Crippen MR) is 100 cm³/mol. The summed E-state index contributed by atoms with van der Waals surface area (Å²) >= 11 is 0. The van der Waals surface area contributed by atoms with Crippen molar-refractivity contribution in [3.8, 4) is 0 Å². The summed E-state index contributed by atoms with van der Waals surface area (Å²) in [6.45, 7) is 1.39. The van der Waals surface area contributed by atoms with Gasteiger partial charge in [-0.25, -0.2) is 5.06 Å². The number of aliphatic hydroxyl groups excluding tert-OH is 1. The molecule has 2 atom stereocenters. The van der Waals surface area contributed by atoms with Gasteiger partial charge in [-0.15, -0.1) is 0 Å². The Kier molecular flexibility index (Phi) is 6.56. The van der Waals surface area contributed by atoms with Gasteiger partial charge in [0.05, 0.1) is 24.1 Å². The smallest absolute Gasteiger partial charge is 0.392 e. The van der Waals surface area contributed by atoms with Gasteiger partial charge in [-0.2, -0.15) is 13.2 Å². The summed E-state index contributed by atoms with van der Waals surface area (Å²) in [7, 11) is 0. The van der Waals surface area contributed by atoms with E-state index in [2.05, 4.69) is 0 Å². The Hall–Kier alpha value is -2.42. The first-order valence-electron chi connectivity index (χ1n) is 9.36. The Morgan fingerprint density at radius 2 is 1.90 bits per heavy atom. The molecule has 29 heavy (non-hydrogen) atoms. The molecule has 0 radical (unpaired) electrons. The zero-order valence-corrected chi connectivity index (χ0v) is 15.7. The summed E-state index contributed by atoms with van der Waals surface area (Å²) in [5.74, 6) is -0.696. The topological polar surface area (TPSA) is 64.0 Å². The van der Waals surface area contributed by atoms with E-state index in [4.69, 9.17) is 0 Å². The minimum atomic E-state index is -4.50. The van der Waals surface area contributed by atoms with Gasteiger partial charge in [0.1, 0.15) is 0 Å². The second-order valence-electron chi connectivity index (χ2n) is 7.24. The molecular formula is C21H23F3N2O3. The molecule has 2 aromatic rings. The maximum atomic E-state index is 12.9. The summed E-state index contributed by atoms with van der Waals surface area (Å²) in [5, 5.41) is 21.0. The van der Waals surface area contributed by atoms with Crippen molar-refractivity contribution in [2.75, 3.05) is 19.6 Å². The molecule has 8 heteroatoms. The van der Waals surface area contributed by atoms with Crippen LogP contribution in [-0.4, -0.2) is 51.9 Å². The van der Waals surface area contributed by atoms with Gasteiger partial charge < -0.3 is 5.11 Å². The van der Waals surface area contributed by atoms with Crippen molar-refractivity contribution in [2.45, 2.75) is 31.2 Å². The van der Waals surface area contributed by atoms with Crippen LogP contribution >= 0.6 is 0 Å². The molecule has 0 saturated carbocycles. The minimum absolute atomic E-state index is 0.173. The van der Waals surface area contributed by atoms with Crippen molar-refractivity contribution in [3.63, 3.8) is 0 Å². The standard InChI is InChI=1S/C21H23F3N2O3/c22-21(23,24)17-8-4-5-15(11-17)12-20(28)26(29)19(16-6-2-1-3-7-16)14-25-10-9-18(27)13-25/h1-8,11,18-19,27,29H,9-10,12-14H2/t18-,19+/m0/s1. The van der Waals surface area contributed by atoms with E-state index in [-0.39, 0.29) is 12.0 Å². The van der Waals surface area contributed by atoms with Crippen LogP contribution < -0.4 is 0 Å². The number of alkyl halides is 3. The molecule has 0 aromatic heterocycles. The molecule has 5 nitrogen and oxygen atoms in total. The number of likely N-dealkylation sites (tertiary alicyclic amines) is 1. The van der Waals surface area contributed by atoms with Crippen molar-refractivity contribution in [3.05, 3.63) is 71.3 Å². The highest BCUT2D eigenvalue weighted by Crippen LogP contribution is 2.30. The lowest BCUT2D eigenvalue weighted by Crippen LogP contribution is -2.40. The highest BCUT2D eigenvalue weighted by Gasteiger charge is 2.32. The third-order valence-corrected chi connectivity index (χ3v) is 5.02. The lowest BCUT2D eigenvalue weighted by Gasteiger charge is -2.30. The van der Waals surface area contributed by atoms with Crippen LogP contribution in [0.4, 0.5) is 13.2 Å². The zero-order chi connectivity index (χ0) is 21.0. The zero-order valence-electron chi connectivity index (χ0n) is 15.7. The first-order chi connectivity index (χ1) is 13.7. The first kappa shape index (κ1) is 21.3. The third-order valence-electron chi connectivity index (χ3n) is 5.02. The number of hydroxylamine groups is 2. The molecular weight excluding hydrogens is 385 g/mol. The summed E-state index contributed by atoms with van der Waals surface area (Å²) in [5.41, 5.74) is 0.0408. The second kappa shape index (κ2) is 8.94. The number of hydrogen-bond donors (Lipinski definition) is 2. The van der Waals surface area contributed by atoms with Gasteiger partial charge in [0.15, 0.2) is 0 Å². The molecule has 1 heterocycles. The van der Waals surface area contributed by atoms with Crippen molar-refractivity contribution < 1.29 is 28.3 Å². The molecule has 1 fully saturated rings. The quantitative estimate of drug-likeness (QED) is 0.569. The molecule has 1 saturated heterocycles. The fraction of sp³-hybridized carbons (Fsp3) is 0.381. The normalized spacial score (nSPS) is 18.6. The molecule has 0 bridgehead atoms. The summed E-state index contributed by atoms with van der Waals surface area (Å²) < 4.78 is 38.7. The highest BCUT2D eigenvalue weighted by molar-refractivity contribution is 5.78. The Morgan fingerprint density at radius 1 is 1.17 bits per heavy atom. The van der Waals surface area contributed by atoms with Gasteiger partial charge in [0.25, 0.3) is 5.91 Å². The minimum Gasteiger partial charge on any atom is -0.392 e. The van der Waals surface area contributed by atoms with Crippen molar-refractivity contribution in [1.82, 2.24) is 9.96 Å². The molecule has 3 rings (SSSR count). The van der Waals surface area contributed by atoms with Crippen LogP contribution in [0.1, 0.15) is 29.2 Å². The molecule has 0 spiro atoms. The molecule has 2 N–H and O–H groups in total. The van der Waals surface area contributed by atoms with Gasteiger partial charge in [0.2, 0.25) is 0 Å². The fourth-order valence-corrected chi connectivity index (χ4v) is 3.51. The van der Waals surface area contributed by atoms with Crippen molar-refractivity contribution >= 4 is 5.91 Å². The average molecular weight is 408 g/mol. The summed E-state index contributed by atoms with van der Waals surface area (Å²) in [6, 6.07) is 12.8. The van der Waals surface area contributed by atoms with Gasteiger partial charge in [-0.05, 0) is 23.6 Å². The van der Waals surface area contributed by atoms with E-state index in [9.17, 15) is 28.3 Å². The van der Waals surface area contributed by atoms with Crippen LogP contribution in [0.3, 0.4) is 0 Å². The number of carbonyl (C=O) groups excluding carboxylic acids is 1. The number of aliphatic hydroxyl groups is 1. The Labute approximate surface area is 166 Å². The largest absolute Gasteiger partial charge is 0.416 e. The number of nitrogens with zero attached hydrogens (tertiary/aromatic N) is 2. The maximum Gasteiger partial charge on any atom is 0.416 e. The molecule has 1 aliphatic rings. The van der Waals surface area contributed by atoms with Crippen LogP contribution in [0.5, 0.6) is 0 Å². The monoisotopic (exact) mass is 408 g/mol. The van der Waals surface area contributed by atoms with E-state index in [1.165, 1.54) is 12.1 Å². The van der Waals surface area contributed by atoms with Gasteiger partial charge in [-0.3, -0.25) is 14.9 Å². The molecule has 2 aromatic carbocycles. The van der Waals surface area contributed by atoms with E-state index >= 15 is 0 Å². The molecule has 0 aliphatic carbocycles. The number of halogens is 3. The van der Waals surface area contributed by atoms with Gasteiger partial charge >= 0.3 is 6.18 Å². The van der Waals surface area contributed by atoms with Crippen molar-refractivity contribution in [2.24, 2.45) is 0 Å². The number of rotatable bonds is 6. The molecule has 0 unspecified atom stereocenters. The van der Waals surface area contributed by atoms with Crippen LogP contribution in [0.25, 0.3) is 0 Å². The van der Waals surface area contributed by atoms with Gasteiger partial charge in [0, 0.05) is 19.6 Å². The summed E-state index contributed by atoms with van der Waals surface area (Å²) in [6.07, 6.45) is -4.68. The number of β-amino-alcohol motifs (C(OH)–C–C–N with tert-alkyl or cyclic N) is 1. The Balaban J connectivity index is 1.76. The number of hydrogen-bond acceptors (Lipinski definition) is 4. The number of carbonyl (C=O) groups is 1. The number of amides is 1. The van der Waals surface area contributed by atoms with Gasteiger partial charge in [-0.1, -0.05) is 48.5 Å². The molecule has 1 amide bonds. The predicted octanol–water partition coefficient (Wildman–Crippen LogP) is 3.27. The lowest BCUT2D eigenvalue weighted by molar-refractivity contribution is -0.177. The van der Waals surface area contributed by atoms with E-state index < -0.39 is 29.8 Å².